The van der Waals surface area contributed by atoms with Gasteiger partial charge in [-0.1, -0.05) is 23.7 Å². The quantitative estimate of drug-likeness (QED) is 0.777. The number of amides is 1. The summed E-state index contributed by atoms with van der Waals surface area (Å²) < 4.78 is 11.2. The SMILES string of the molecule is CC(C)(C)OC(=O)N1CC(N2CCOCC2)CCC1Cc1ccc(Cl)cc1. The average Bonchev–Trinajstić information content (AvgIpc) is 2.63. The maximum Gasteiger partial charge on any atom is 0.410 e. The Bertz CT molecular complexity index is 623. The standard InChI is InChI=1S/C21H31ClN2O3/c1-21(2,3)27-20(25)24-15-19(23-10-12-26-13-11-23)9-8-18(24)14-16-4-6-17(22)7-5-16/h4-7,18-19H,8-15H2,1-3H3. The minimum absolute atomic E-state index is 0.151. The van der Waals surface area contributed by atoms with Crippen LogP contribution >= 0.6 is 11.6 Å². The Hall–Kier alpha value is -1.30. The summed E-state index contributed by atoms with van der Waals surface area (Å²) in [5.41, 5.74) is 0.705. The molecule has 2 aliphatic heterocycles. The summed E-state index contributed by atoms with van der Waals surface area (Å²) >= 11 is 6.01. The molecule has 3 rings (SSSR count). The van der Waals surface area contributed by atoms with Gasteiger partial charge in [0.15, 0.2) is 0 Å². The first-order valence-electron chi connectivity index (χ1n) is 9.88. The number of benzene rings is 1. The number of carbonyl (C=O) groups excluding carboxylic acids is 1. The van der Waals surface area contributed by atoms with Crippen LogP contribution in [0.3, 0.4) is 0 Å². The lowest BCUT2D eigenvalue weighted by Gasteiger charge is -2.44. The fraction of sp³-hybridized carbons (Fsp3) is 0.667. The number of hydrogen-bond acceptors (Lipinski definition) is 4. The molecule has 0 N–H and O–H groups in total. The highest BCUT2D eigenvalue weighted by molar-refractivity contribution is 6.30. The van der Waals surface area contributed by atoms with E-state index in [1.165, 1.54) is 5.56 Å². The predicted molar refractivity (Wildman–Crippen MR) is 107 cm³/mol. The van der Waals surface area contributed by atoms with Crippen LogP contribution in [0, 0.1) is 0 Å². The molecular formula is C21H31ClN2O3. The molecule has 5 nitrogen and oxygen atoms in total. The lowest BCUT2D eigenvalue weighted by molar-refractivity contribution is -0.0262. The van der Waals surface area contributed by atoms with Crippen LogP contribution in [0.2, 0.25) is 5.02 Å². The zero-order chi connectivity index (χ0) is 19.4. The molecule has 1 amide bonds. The molecule has 1 aromatic rings. The van der Waals surface area contributed by atoms with Crippen molar-refractivity contribution in [2.45, 2.75) is 57.7 Å². The van der Waals surface area contributed by atoms with Crippen LogP contribution in [-0.2, 0) is 15.9 Å². The average molecular weight is 395 g/mol. The van der Waals surface area contributed by atoms with E-state index in [4.69, 9.17) is 21.1 Å². The third-order valence-electron chi connectivity index (χ3n) is 5.26. The monoisotopic (exact) mass is 394 g/mol. The van der Waals surface area contributed by atoms with Crippen molar-refractivity contribution in [3.8, 4) is 0 Å². The van der Waals surface area contributed by atoms with Crippen LogP contribution in [0.5, 0.6) is 0 Å². The van der Waals surface area contributed by atoms with Crippen molar-refractivity contribution < 1.29 is 14.3 Å². The summed E-state index contributed by atoms with van der Waals surface area (Å²) in [7, 11) is 0. The van der Waals surface area contributed by atoms with Crippen LogP contribution < -0.4 is 0 Å². The van der Waals surface area contributed by atoms with Crippen molar-refractivity contribution in [1.29, 1.82) is 0 Å². The molecule has 2 unspecified atom stereocenters. The Balaban J connectivity index is 1.72. The van der Waals surface area contributed by atoms with Gasteiger partial charge < -0.3 is 14.4 Å². The number of rotatable bonds is 3. The molecule has 2 aliphatic rings. The molecule has 2 atom stereocenters. The van der Waals surface area contributed by atoms with Crippen molar-refractivity contribution in [3.05, 3.63) is 34.9 Å². The Kier molecular flexibility index (Phi) is 6.66. The topological polar surface area (TPSA) is 42.0 Å². The Morgan fingerprint density at radius 2 is 1.85 bits per heavy atom. The van der Waals surface area contributed by atoms with Gasteiger partial charge in [0.1, 0.15) is 5.60 Å². The van der Waals surface area contributed by atoms with Crippen LogP contribution in [0.1, 0.15) is 39.2 Å². The van der Waals surface area contributed by atoms with E-state index in [2.05, 4.69) is 4.90 Å². The zero-order valence-electron chi connectivity index (χ0n) is 16.6. The van der Waals surface area contributed by atoms with Gasteiger partial charge in [0.05, 0.1) is 13.2 Å². The van der Waals surface area contributed by atoms with E-state index in [-0.39, 0.29) is 12.1 Å². The summed E-state index contributed by atoms with van der Waals surface area (Å²) in [4.78, 5) is 17.3. The van der Waals surface area contributed by atoms with Gasteiger partial charge in [-0.15, -0.1) is 0 Å². The largest absolute Gasteiger partial charge is 0.444 e. The van der Waals surface area contributed by atoms with Gasteiger partial charge in [-0.05, 0) is 57.7 Å². The first-order valence-corrected chi connectivity index (χ1v) is 10.3. The van der Waals surface area contributed by atoms with Crippen molar-refractivity contribution >= 4 is 17.7 Å². The third-order valence-corrected chi connectivity index (χ3v) is 5.51. The lowest BCUT2D eigenvalue weighted by Crippen LogP contribution is -2.57. The molecule has 0 saturated carbocycles. The molecule has 0 radical (unpaired) electrons. The summed E-state index contributed by atoms with van der Waals surface area (Å²) in [6.07, 6.45) is 2.69. The number of ether oxygens (including phenoxy) is 2. The lowest BCUT2D eigenvalue weighted by atomic mass is 9.92. The summed E-state index contributed by atoms with van der Waals surface area (Å²) in [6, 6.07) is 8.44. The number of carbonyl (C=O) groups is 1. The molecular weight excluding hydrogens is 364 g/mol. The molecule has 0 bridgehead atoms. The summed E-state index contributed by atoms with van der Waals surface area (Å²) in [5.74, 6) is 0. The fourth-order valence-electron chi connectivity index (χ4n) is 3.90. The first-order chi connectivity index (χ1) is 12.8. The highest BCUT2D eigenvalue weighted by Crippen LogP contribution is 2.27. The minimum atomic E-state index is -0.492. The predicted octanol–water partition coefficient (Wildman–Crippen LogP) is 3.98. The maximum atomic E-state index is 12.9. The van der Waals surface area contributed by atoms with Crippen LogP contribution in [0.15, 0.2) is 24.3 Å². The molecule has 150 valence electrons. The van der Waals surface area contributed by atoms with Gasteiger partial charge in [0, 0.05) is 36.7 Å². The number of nitrogens with zero attached hydrogens (tertiary/aromatic N) is 2. The highest BCUT2D eigenvalue weighted by atomic mass is 35.5. The van der Waals surface area contributed by atoms with E-state index in [0.717, 1.165) is 50.6 Å². The number of halogens is 1. The Labute approximate surface area is 167 Å². The van der Waals surface area contributed by atoms with E-state index in [1.807, 2.05) is 49.9 Å². The van der Waals surface area contributed by atoms with Gasteiger partial charge in [-0.3, -0.25) is 4.90 Å². The van der Waals surface area contributed by atoms with Crippen LogP contribution in [-0.4, -0.2) is 66.4 Å². The highest BCUT2D eigenvalue weighted by Gasteiger charge is 2.36. The van der Waals surface area contributed by atoms with E-state index in [1.54, 1.807) is 0 Å². The van der Waals surface area contributed by atoms with Crippen molar-refractivity contribution in [3.63, 3.8) is 0 Å². The van der Waals surface area contributed by atoms with Gasteiger partial charge in [-0.25, -0.2) is 4.79 Å². The molecule has 0 spiro atoms. The molecule has 1 aromatic carbocycles. The molecule has 0 aliphatic carbocycles. The fourth-order valence-corrected chi connectivity index (χ4v) is 4.02. The Morgan fingerprint density at radius 1 is 1.19 bits per heavy atom. The molecule has 2 heterocycles. The van der Waals surface area contributed by atoms with Gasteiger partial charge >= 0.3 is 6.09 Å². The molecule has 0 aromatic heterocycles. The van der Waals surface area contributed by atoms with E-state index >= 15 is 0 Å². The second kappa shape index (κ2) is 8.80. The van der Waals surface area contributed by atoms with Crippen molar-refractivity contribution in [1.82, 2.24) is 9.80 Å². The molecule has 27 heavy (non-hydrogen) atoms. The Morgan fingerprint density at radius 3 is 2.48 bits per heavy atom. The van der Waals surface area contributed by atoms with Crippen molar-refractivity contribution in [2.24, 2.45) is 0 Å². The van der Waals surface area contributed by atoms with E-state index in [0.29, 0.717) is 12.6 Å². The normalized spacial score (nSPS) is 24.7. The zero-order valence-corrected chi connectivity index (χ0v) is 17.4. The summed E-state index contributed by atoms with van der Waals surface area (Å²) in [6.45, 7) is 9.90. The van der Waals surface area contributed by atoms with Gasteiger partial charge in [0.2, 0.25) is 0 Å². The second-order valence-corrected chi connectivity index (χ2v) is 8.93. The smallest absolute Gasteiger partial charge is 0.410 e. The van der Waals surface area contributed by atoms with E-state index in [9.17, 15) is 4.79 Å². The molecule has 2 fully saturated rings. The number of hydrogen-bond donors (Lipinski definition) is 0. The maximum absolute atomic E-state index is 12.9. The minimum Gasteiger partial charge on any atom is -0.444 e. The van der Waals surface area contributed by atoms with Crippen LogP contribution in [0.4, 0.5) is 4.79 Å². The number of likely N-dealkylation sites (tertiary alicyclic amines) is 1. The van der Waals surface area contributed by atoms with E-state index < -0.39 is 5.60 Å². The molecule has 2 saturated heterocycles. The second-order valence-electron chi connectivity index (χ2n) is 8.50. The molecule has 6 heteroatoms. The first kappa shape index (κ1) is 20.4. The summed E-state index contributed by atoms with van der Waals surface area (Å²) in [5, 5.41) is 0.735. The number of piperidine rings is 1. The van der Waals surface area contributed by atoms with Gasteiger partial charge in [-0.2, -0.15) is 0 Å². The third kappa shape index (κ3) is 5.84. The van der Waals surface area contributed by atoms with Crippen LogP contribution in [0.25, 0.3) is 0 Å². The number of morpholine rings is 1. The van der Waals surface area contributed by atoms with Gasteiger partial charge in [0.25, 0.3) is 0 Å². The van der Waals surface area contributed by atoms with Crippen molar-refractivity contribution in [2.75, 3.05) is 32.8 Å².